The second kappa shape index (κ2) is 3.70. The van der Waals surface area contributed by atoms with Crippen molar-refractivity contribution < 1.29 is 4.39 Å². The van der Waals surface area contributed by atoms with E-state index in [-0.39, 0.29) is 5.82 Å². The van der Waals surface area contributed by atoms with Crippen molar-refractivity contribution in [2.75, 3.05) is 20.1 Å². The molecule has 2 heteroatoms. The lowest BCUT2D eigenvalue weighted by Gasteiger charge is -2.11. The smallest absolute Gasteiger partial charge is 0.126 e. The van der Waals surface area contributed by atoms with Gasteiger partial charge in [-0.2, -0.15) is 0 Å². The van der Waals surface area contributed by atoms with Crippen LogP contribution in [0.4, 0.5) is 4.39 Å². The number of likely N-dealkylation sites (tertiary alicyclic amines) is 1. The second-order valence-electron chi connectivity index (χ2n) is 4.26. The summed E-state index contributed by atoms with van der Waals surface area (Å²) in [6.45, 7) is 3.99. The van der Waals surface area contributed by atoms with Crippen molar-refractivity contribution >= 4 is 0 Å². The van der Waals surface area contributed by atoms with Crippen molar-refractivity contribution in [1.82, 2.24) is 4.90 Å². The monoisotopic (exact) mass is 193 g/mol. The molecule has 2 rings (SSSR count). The molecule has 1 unspecified atom stereocenters. The van der Waals surface area contributed by atoms with Gasteiger partial charge in [0.1, 0.15) is 5.82 Å². The van der Waals surface area contributed by atoms with Gasteiger partial charge in [-0.1, -0.05) is 12.1 Å². The third-order valence-electron chi connectivity index (χ3n) is 3.06. The molecule has 1 heterocycles. The fourth-order valence-corrected chi connectivity index (χ4v) is 2.07. The summed E-state index contributed by atoms with van der Waals surface area (Å²) >= 11 is 0. The van der Waals surface area contributed by atoms with E-state index < -0.39 is 0 Å². The van der Waals surface area contributed by atoms with E-state index in [4.69, 9.17) is 0 Å². The molecule has 1 saturated heterocycles. The zero-order valence-electron chi connectivity index (χ0n) is 8.76. The van der Waals surface area contributed by atoms with Crippen LogP contribution in [0.15, 0.2) is 18.2 Å². The molecule has 1 fully saturated rings. The number of aryl methyl sites for hydroxylation is 1. The minimum absolute atomic E-state index is 0.0722. The molecule has 0 bridgehead atoms. The lowest BCUT2D eigenvalue weighted by atomic mass is 9.97. The minimum Gasteiger partial charge on any atom is -0.306 e. The highest BCUT2D eigenvalue weighted by Gasteiger charge is 2.21. The Labute approximate surface area is 84.5 Å². The van der Waals surface area contributed by atoms with Crippen LogP contribution >= 0.6 is 0 Å². The van der Waals surface area contributed by atoms with Crippen molar-refractivity contribution in [3.8, 4) is 0 Å². The number of halogens is 1. The molecule has 1 aliphatic heterocycles. The molecule has 0 radical (unpaired) electrons. The normalized spacial score (nSPS) is 22.9. The van der Waals surface area contributed by atoms with E-state index in [1.807, 2.05) is 6.07 Å². The average molecular weight is 193 g/mol. The van der Waals surface area contributed by atoms with Crippen LogP contribution in [-0.4, -0.2) is 25.0 Å². The molecule has 1 aliphatic rings. The first-order chi connectivity index (χ1) is 6.66. The first-order valence-electron chi connectivity index (χ1n) is 5.11. The van der Waals surface area contributed by atoms with Gasteiger partial charge in [0.05, 0.1) is 0 Å². The van der Waals surface area contributed by atoms with Gasteiger partial charge >= 0.3 is 0 Å². The van der Waals surface area contributed by atoms with Crippen LogP contribution < -0.4 is 0 Å². The van der Waals surface area contributed by atoms with Crippen LogP contribution in [0.3, 0.4) is 0 Å². The van der Waals surface area contributed by atoms with Crippen LogP contribution in [0.25, 0.3) is 0 Å². The Hall–Kier alpha value is -0.890. The molecule has 0 saturated carbocycles. The zero-order chi connectivity index (χ0) is 10.1. The molecule has 0 amide bonds. The number of benzene rings is 1. The maximum atomic E-state index is 13.3. The lowest BCUT2D eigenvalue weighted by molar-refractivity contribution is 0.411. The molecule has 76 valence electrons. The van der Waals surface area contributed by atoms with E-state index >= 15 is 0 Å². The van der Waals surface area contributed by atoms with Crippen molar-refractivity contribution in [3.63, 3.8) is 0 Å². The maximum absolute atomic E-state index is 13.3. The van der Waals surface area contributed by atoms with Gasteiger partial charge in [-0.3, -0.25) is 0 Å². The topological polar surface area (TPSA) is 3.24 Å². The molecular formula is C12H16FN. The van der Waals surface area contributed by atoms with Gasteiger partial charge in [0, 0.05) is 6.54 Å². The fourth-order valence-electron chi connectivity index (χ4n) is 2.07. The fraction of sp³-hybridized carbons (Fsp3) is 0.500. The van der Waals surface area contributed by atoms with Crippen LogP contribution in [0.5, 0.6) is 0 Å². The average Bonchev–Trinajstić information content (AvgIpc) is 2.57. The Bertz CT molecular complexity index is 335. The van der Waals surface area contributed by atoms with E-state index in [2.05, 4.69) is 18.0 Å². The highest BCUT2D eigenvalue weighted by molar-refractivity contribution is 5.27. The highest BCUT2D eigenvalue weighted by Crippen LogP contribution is 2.27. The molecule has 0 N–H and O–H groups in total. The largest absolute Gasteiger partial charge is 0.306 e. The molecule has 0 aromatic heterocycles. The molecule has 1 aromatic rings. The van der Waals surface area contributed by atoms with Crippen LogP contribution in [0.1, 0.15) is 23.5 Å². The summed E-state index contributed by atoms with van der Waals surface area (Å²) in [7, 11) is 2.12. The van der Waals surface area contributed by atoms with Gasteiger partial charge in [-0.25, -0.2) is 4.39 Å². The zero-order valence-corrected chi connectivity index (χ0v) is 8.76. The van der Waals surface area contributed by atoms with E-state index in [1.54, 1.807) is 13.0 Å². The van der Waals surface area contributed by atoms with E-state index in [0.717, 1.165) is 30.6 Å². The van der Waals surface area contributed by atoms with Crippen LogP contribution in [0, 0.1) is 12.7 Å². The van der Waals surface area contributed by atoms with E-state index in [9.17, 15) is 4.39 Å². The van der Waals surface area contributed by atoms with Gasteiger partial charge in [0.15, 0.2) is 0 Å². The number of hydrogen-bond acceptors (Lipinski definition) is 1. The summed E-state index contributed by atoms with van der Waals surface area (Å²) in [5, 5.41) is 0. The van der Waals surface area contributed by atoms with E-state index in [0.29, 0.717) is 5.92 Å². The third kappa shape index (κ3) is 1.80. The molecule has 1 nitrogen and oxygen atoms in total. The van der Waals surface area contributed by atoms with E-state index in [1.165, 1.54) is 0 Å². The lowest BCUT2D eigenvalue weighted by Crippen LogP contribution is -2.13. The van der Waals surface area contributed by atoms with Gasteiger partial charge < -0.3 is 4.90 Å². The maximum Gasteiger partial charge on any atom is 0.126 e. The molecule has 1 atom stereocenters. The SMILES string of the molecule is Cc1ccc(C2CCN(C)C2)cc1F. The van der Waals surface area contributed by atoms with Crippen molar-refractivity contribution in [2.24, 2.45) is 0 Å². The van der Waals surface area contributed by atoms with Crippen molar-refractivity contribution in [3.05, 3.63) is 35.1 Å². The highest BCUT2D eigenvalue weighted by atomic mass is 19.1. The molecule has 14 heavy (non-hydrogen) atoms. The van der Waals surface area contributed by atoms with Crippen LogP contribution in [-0.2, 0) is 0 Å². The minimum atomic E-state index is -0.0722. The van der Waals surface area contributed by atoms with Gasteiger partial charge in [0.25, 0.3) is 0 Å². The Morgan fingerprint density at radius 3 is 2.79 bits per heavy atom. The van der Waals surface area contributed by atoms with Crippen molar-refractivity contribution in [1.29, 1.82) is 0 Å². The number of likely N-dealkylation sites (N-methyl/N-ethyl adjacent to an activating group) is 1. The Morgan fingerprint density at radius 2 is 2.21 bits per heavy atom. The second-order valence-corrected chi connectivity index (χ2v) is 4.26. The molecule has 1 aromatic carbocycles. The van der Waals surface area contributed by atoms with Gasteiger partial charge in [0.2, 0.25) is 0 Å². The van der Waals surface area contributed by atoms with Crippen LogP contribution in [0.2, 0.25) is 0 Å². The first kappa shape index (κ1) is 9.66. The first-order valence-corrected chi connectivity index (χ1v) is 5.11. The van der Waals surface area contributed by atoms with Crippen molar-refractivity contribution in [2.45, 2.75) is 19.3 Å². The number of hydrogen-bond donors (Lipinski definition) is 0. The predicted molar refractivity (Wildman–Crippen MR) is 56.0 cm³/mol. The summed E-state index contributed by atoms with van der Waals surface area (Å²) in [6, 6.07) is 5.63. The Morgan fingerprint density at radius 1 is 1.43 bits per heavy atom. The van der Waals surface area contributed by atoms with Gasteiger partial charge in [-0.05, 0) is 50.0 Å². The molecule has 0 spiro atoms. The Kier molecular flexibility index (Phi) is 2.55. The summed E-state index contributed by atoms with van der Waals surface area (Å²) in [4.78, 5) is 2.29. The van der Waals surface area contributed by atoms with Gasteiger partial charge in [-0.15, -0.1) is 0 Å². The predicted octanol–water partition coefficient (Wildman–Crippen LogP) is 2.55. The quantitative estimate of drug-likeness (QED) is 0.662. The molecule has 0 aliphatic carbocycles. The summed E-state index contributed by atoms with van der Waals surface area (Å²) in [5.74, 6) is 0.451. The summed E-state index contributed by atoms with van der Waals surface area (Å²) < 4.78 is 13.3. The summed E-state index contributed by atoms with van der Waals surface area (Å²) in [5.41, 5.74) is 1.89. The standard InChI is InChI=1S/C12H16FN/c1-9-3-4-10(7-12(9)13)11-5-6-14(2)8-11/h3-4,7,11H,5-6,8H2,1-2H3. The Balaban J connectivity index is 2.20. The molecular weight excluding hydrogens is 177 g/mol. The summed E-state index contributed by atoms with van der Waals surface area (Å²) in [6.07, 6.45) is 1.15. The number of rotatable bonds is 1. The number of nitrogens with zero attached hydrogens (tertiary/aromatic N) is 1. The third-order valence-corrected chi connectivity index (χ3v) is 3.06.